The summed E-state index contributed by atoms with van der Waals surface area (Å²) in [5.74, 6) is 0.690. The summed E-state index contributed by atoms with van der Waals surface area (Å²) in [5.41, 5.74) is 2.75. The Hall–Kier alpha value is -1.02. The maximum Gasteiger partial charge on any atom is 0.0406 e. The maximum atomic E-state index is 5.92. The van der Waals surface area contributed by atoms with Crippen molar-refractivity contribution < 1.29 is 0 Å². The van der Waals surface area contributed by atoms with Crippen LogP contribution in [0.1, 0.15) is 29.9 Å². The van der Waals surface area contributed by atoms with Crippen LogP contribution in [0, 0.1) is 0 Å². The molecule has 1 aliphatic carbocycles. The zero-order valence-corrected chi connectivity index (χ0v) is 13.4. The summed E-state index contributed by atoms with van der Waals surface area (Å²) < 4.78 is 0. The molecule has 0 amide bonds. The number of hydrogen-bond acceptors (Lipinski definition) is 1. The molecule has 0 aromatic heterocycles. The normalized spacial score (nSPS) is 21.0. The Bertz CT molecular complexity index is 571. The first-order chi connectivity index (χ1) is 10.2. The lowest BCUT2D eigenvalue weighted by molar-refractivity contribution is 0.293. The van der Waals surface area contributed by atoms with Gasteiger partial charge in [0.2, 0.25) is 0 Å². The van der Waals surface area contributed by atoms with Gasteiger partial charge in [-0.15, -0.1) is 0 Å². The van der Waals surface area contributed by atoms with E-state index < -0.39 is 0 Å². The van der Waals surface area contributed by atoms with Crippen LogP contribution in [0.4, 0.5) is 0 Å². The summed E-state index contributed by atoms with van der Waals surface area (Å²) in [7, 11) is 0. The Kier molecular flexibility index (Phi) is 4.84. The van der Waals surface area contributed by atoms with Gasteiger partial charge in [0.05, 0.1) is 0 Å². The zero-order valence-electron chi connectivity index (χ0n) is 11.9. The van der Waals surface area contributed by atoms with Crippen molar-refractivity contribution in [2.45, 2.75) is 31.2 Å². The number of rotatable bonds is 5. The van der Waals surface area contributed by atoms with E-state index in [1.54, 1.807) is 0 Å². The number of benzene rings is 2. The lowest BCUT2D eigenvalue weighted by atomic mass is 9.76. The van der Waals surface area contributed by atoms with Crippen molar-refractivity contribution in [1.82, 2.24) is 5.32 Å². The molecule has 1 N–H and O–H groups in total. The summed E-state index contributed by atoms with van der Waals surface area (Å²) in [6, 6.07) is 17.0. The molecule has 0 radical (unpaired) electrons. The molecule has 0 aliphatic heterocycles. The van der Waals surface area contributed by atoms with Crippen LogP contribution in [-0.4, -0.2) is 12.6 Å². The fourth-order valence-corrected chi connectivity index (χ4v) is 3.12. The molecule has 2 aromatic carbocycles. The Morgan fingerprint density at radius 1 is 0.857 bits per heavy atom. The third-order valence-corrected chi connectivity index (χ3v) is 4.74. The molecule has 21 heavy (non-hydrogen) atoms. The minimum atomic E-state index is 0.651. The molecule has 3 heteroatoms. The fourth-order valence-electron chi connectivity index (χ4n) is 2.86. The van der Waals surface area contributed by atoms with Crippen molar-refractivity contribution in [3.05, 3.63) is 69.7 Å². The standard InChI is InChI=1S/C18H19Cl2N/c19-16-5-1-13(2-6-16)9-10-21-18-11-15(12-18)14-3-7-17(20)8-4-14/h1-8,15,18,21H,9-12H2. The molecule has 1 nitrogen and oxygen atoms in total. The van der Waals surface area contributed by atoms with Gasteiger partial charge in [0.15, 0.2) is 0 Å². The first-order valence-electron chi connectivity index (χ1n) is 7.44. The lowest BCUT2D eigenvalue weighted by Gasteiger charge is -2.36. The molecule has 2 aromatic rings. The van der Waals surface area contributed by atoms with Crippen LogP contribution in [0.3, 0.4) is 0 Å². The Balaban J connectivity index is 1.39. The number of hydrogen-bond donors (Lipinski definition) is 1. The monoisotopic (exact) mass is 319 g/mol. The summed E-state index contributed by atoms with van der Waals surface area (Å²) in [6.45, 7) is 1.03. The predicted octanol–water partition coefficient (Wildman–Crippen LogP) is 5.07. The molecule has 110 valence electrons. The second-order valence-corrected chi connectivity index (χ2v) is 6.62. The minimum absolute atomic E-state index is 0.651. The third-order valence-electron chi connectivity index (χ3n) is 4.24. The summed E-state index contributed by atoms with van der Waals surface area (Å²) in [4.78, 5) is 0. The van der Waals surface area contributed by atoms with E-state index in [9.17, 15) is 0 Å². The zero-order chi connectivity index (χ0) is 14.7. The highest BCUT2D eigenvalue weighted by Crippen LogP contribution is 2.37. The second kappa shape index (κ2) is 6.83. The molecule has 3 rings (SSSR count). The highest BCUT2D eigenvalue weighted by Gasteiger charge is 2.29. The van der Waals surface area contributed by atoms with Crippen molar-refractivity contribution in [2.24, 2.45) is 0 Å². The highest BCUT2D eigenvalue weighted by atomic mass is 35.5. The van der Waals surface area contributed by atoms with Gasteiger partial charge in [-0.1, -0.05) is 47.5 Å². The van der Waals surface area contributed by atoms with Gasteiger partial charge >= 0.3 is 0 Å². The molecule has 0 saturated heterocycles. The molecule has 0 unspecified atom stereocenters. The molecule has 1 saturated carbocycles. The van der Waals surface area contributed by atoms with Crippen molar-refractivity contribution in [1.29, 1.82) is 0 Å². The Morgan fingerprint density at radius 2 is 1.43 bits per heavy atom. The van der Waals surface area contributed by atoms with Gasteiger partial charge < -0.3 is 5.32 Å². The third kappa shape index (κ3) is 4.00. The van der Waals surface area contributed by atoms with Gasteiger partial charge in [-0.25, -0.2) is 0 Å². The maximum absolute atomic E-state index is 5.92. The SMILES string of the molecule is Clc1ccc(CCNC2CC(c3ccc(Cl)cc3)C2)cc1. The van der Waals surface area contributed by atoms with Crippen LogP contribution in [0.5, 0.6) is 0 Å². The predicted molar refractivity (Wildman–Crippen MR) is 90.4 cm³/mol. The Labute approximate surface area is 136 Å². The average Bonchev–Trinajstić information content (AvgIpc) is 2.45. The van der Waals surface area contributed by atoms with Crippen molar-refractivity contribution >= 4 is 23.2 Å². The van der Waals surface area contributed by atoms with Crippen LogP contribution < -0.4 is 5.32 Å². The van der Waals surface area contributed by atoms with E-state index in [2.05, 4.69) is 29.6 Å². The van der Waals surface area contributed by atoms with E-state index in [0.29, 0.717) is 12.0 Å². The fraction of sp³-hybridized carbons (Fsp3) is 0.333. The summed E-state index contributed by atoms with van der Waals surface area (Å²) >= 11 is 11.8. The van der Waals surface area contributed by atoms with Crippen LogP contribution in [0.25, 0.3) is 0 Å². The molecule has 0 heterocycles. The van der Waals surface area contributed by atoms with Crippen molar-refractivity contribution in [3.63, 3.8) is 0 Å². The molecular formula is C18H19Cl2N. The summed E-state index contributed by atoms with van der Waals surface area (Å²) in [6.07, 6.45) is 3.50. The van der Waals surface area contributed by atoms with Gasteiger partial charge in [0.25, 0.3) is 0 Å². The van der Waals surface area contributed by atoms with Gasteiger partial charge in [0, 0.05) is 16.1 Å². The number of halogens is 2. The van der Waals surface area contributed by atoms with Crippen molar-refractivity contribution in [3.8, 4) is 0 Å². The molecule has 0 atom stereocenters. The van der Waals surface area contributed by atoms with Gasteiger partial charge in [-0.3, -0.25) is 0 Å². The smallest absolute Gasteiger partial charge is 0.0406 e. The topological polar surface area (TPSA) is 12.0 Å². The molecule has 0 spiro atoms. The Morgan fingerprint density at radius 3 is 2.05 bits per heavy atom. The van der Waals surface area contributed by atoms with Crippen LogP contribution in [0.2, 0.25) is 10.0 Å². The largest absolute Gasteiger partial charge is 0.314 e. The average molecular weight is 320 g/mol. The first-order valence-corrected chi connectivity index (χ1v) is 8.19. The van der Waals surface area contributed by atoms with E-state index in [1.165, 1.54) is 24.0 Å². The van der Waals surface area contributed by atoms with Crippen molar-refractivity contribution in [2.75, 3.05) is 6.54 Å². The van der Waals surface area contributed by atoms with Crippen LogP contribution >= 0.6 is 23.2 Å². The first kappa shape index (κ1) is 14.9. The van der Waals surface area contributed by atoms with E-state index in [1.807, 2.05) is 24.3 Å². The van der Waals surface area contributed by atoms with Gasteiger partial charge in [-0.2, -0.15) is 0 Å². The number of nitrogens with one attached hydrogen (secondary N) is 1. The lowest BCUT2D eigenvalue weighted by Crippen LogP contribution is -2.40. The summed E-state index contributed by atoms with van der Waals surface area (Å²) in [5, 5.41) is 5.25. The van der Waals surface area contributed by atoms with E-state index in [-0.39, 0.29) is 0 Å². The van der Waals surface area contributed by atoms with E-state index >= 15 is 0 Å². The van der Waals surface area contributed by atoms with Crippen LogP contribution in [-0.2, 0) is 6.42 Å². The highest BCUT2D eigenvalue weighted by molar-refractivity contribution is 6.30. The molecule has 0 bridgehead atoms. The van der Waals surface area contributed by atoms with Crippen LogP contribution in [0.15, 0.2) is 48.5 Å². The van der Waals surface area contributed by atoms with Gasteiger partial charge in [0.1, 0.15) is 0 Å². The molecule has 1 fully saturated rings. The van der Waals surface area contributed by atoms with Gasteiger partial charge in [-0.05, 0) is 67.1 Å². The molecule has 1 aliphatic rings. The van der Waals surface area contributed by atoms with E-state index in [4.69, 9.17) is 23.2 Å². The quantitative estimate of drug-likeness (QED) is 0.811. The van der Waals surface area contributed by atoms with E-state index in [0.717, 1.165) is 23.0 Å². The molecular weight excluding hydrogens is 301 g/mol. The second-order valence-electron chi connectivity index (χ2n) is 5.75. The minimum Gasteiger partial charge on any atom is -0.314 e.